The van der Waals surface area contributed by atoms with Crippen LogP contribution in [-0.4, -0.2) is 12.0 Å². The number of hydrogen-bond acceptors (Lipinski definition) is 3. The Bertz CT molecular complexity index is 502. The summed E-state index contributed by atoms with van der Waals surface area (Å²) < 4.78 is 6.73. The van der Waals surface area contributed by atoms with Crippen LogP contribution in [0.5, 0.6) is 5.75 Å². The third-order valence-corrected chi connectivity index (χ3v) is 3.27. The van der Waals surface area contributed by atoms with Gasteiger partial charge in [0.15, 0.2) is 0 Å². The van der Waals surface area contributed by atoms with Crippen molar-refractivity contribution in [2.45, 2.75) is 13.2 Å². The Balaban J connectivity index is 2.01. The van der Waals surface area contributed by atoms with Crippen molar-refractivity contribution < 1.29 is 4.74 Å². The summed E-state index contributed by atoms with van der Waals surface area (Å²) >= 11 is 3.57. The summed E-state index contributed by atoms with van der Waals surface area (Å²) in [5, 5.41) is 3.13. The number of ether oxygens (including phenoxy) is 1. The van der Waals surface area contributed by atoms with Gasteiger partial charge >= 0.3 is 0 Å². The third-order valence-electron chi connectivity index (χ3n) is 2.53. The molecule has 3 nitrogen and oxygen atoms in total. The summed E-state index contributed by atoms with van der Waals surface area (Å²) in [5.41, 5.74) is 2.37. The van der Waals surface area contributed by atoms with E-state index in [0.717, 1.165) is 22.3 Å². The van der Waals surface area contributed by atoms with E-state index in [1.54, 1.807) is 12.4 Å². The molecule has 1 N–H and O–H groups in total. The van der Waals surface area contributed by atoms with Gasteiger partial charge in [0, 0.05) is 22.8 Å². The molecule has 0 spiro atoms. The average molecular weight is 307 g/mol. The summed E-state index contributed by atoms with van der Waals surface area (Å²) in [6, 6.07) is 10.0. The lowest BCUT2D eigenvalue weighted by molar-refractivity contribution is 0.304. The topological polar surface area (TPSA) is 34.1 Å². The molecule has 0 saturated heterocycles. The average Bonchev–Trinajstić information content (AvgIpc) is 2.39. The van der Waals surface area contributed by atoms with Crippen molar-refractivity contribution in [3.05, 3.63) is 58.3 Å². The molecule has 1 heterocycles. The molecule has 0 aliphatic heterocycles. The van der Waals surface area contributed by atoms with Crippen LogP contribution >= 0.6 is 15.9 Å². The number of aromatic nitrogens is 1. The SMILES string of the molecule is CNCc1ccc(COc2cccnc2)c(Br)c1. The molecule has 0 unspecified atom stereocenters. The van der Waals surface area contributed by atoms with Gasteiger partial charge in [0.1, 0.15) is 12.4 Å². The highest BCUT2D eigenvalue weighted by Gasteiger charge is 2.02. The van der Waals surface area contributed by atoms with E-state index in [2.05, 4.69) is 44.4 Å². The molecule has 1 aromatic heterocycles. The van der Waals surface area contributed by atoms with E-state index < -0.39 is 0 Å². The van der Waals surface area contributed by atoms with Crippen molar-refractivity contribution in [3.63, 3.8) is 0 Å². The summed E-state index contributed by atoms with van der Waals surface area (Å²) in [7, 11) is 1.94. The molecular weight excluding hydrogens is 292 g/mol. The monoisotopic (exact) mass is 306 g/mol. The van der Waals surface area contributed by atoms with Crippen molar-refractivity contribution in [2.24, 2.45) is 0 Å². The van der Waals surface area contributed by atoms with Crippen LogP contribution in [0.25, 0.3) is 0 Å². The zero-order valence-corrected chi connectivity index (χ0v) is 11.8. The van der Waals surface area contributed by atoms with Gasteiger partial charge in [-0.1, -0.05) is 28.1 Å². The minimum atomic E-state index is 0.534. The maximum atomic E-state index is 5.66. The standard InChI is InChI=1S/C14H15BrN2O/c1-16-8-11-4-5-12(14(15)7-11)10-18-13-3-2-6-17-9-13/h2-7,9,16H,8,10H2,1H3. The lowest BCUT2D eigenvalue weighted by Gasteiger charge is -2.09. The number of halogens is 1. The second kappa shape index (κ2) is 6.52. The molecule has 18 heavy (non-hydrogen) atoms. The number of nitrogens with zero attached hydrogens (tertiary/aromatic N) is 1. The molecule has 0 aliphatic carbocycles. The van der Waals surface area contributed by atoms with Gasteiger partial charge in [0.2, 0.25) is 0 Å². The second-order valence-corrected chi connectivity index (χ2v) is 4.79. The molecule has 1 aromatic carbocycles. The van der Waals surface area contributed by atoms with Crippen molar-refractivity contribution in [2.75, 3.05) is 7.05 Å². The Morgan fingerprint density at radius 2 is 2.22 bits per heavy atom. The van der Waals surface area contributed by atoms with Gasteiger partial charge in [0.05, 0.1) is 6.20 Å². The van der Waals surface area contributed by atoms with Crippen LogP contribution in [-0.2, 0) is 13.2 Å². The van der Waals surface area contributed by atoms with Crippen molar-refractivity contribution in [1.82, 2.24) is 10.3 Å². The highest BCUT2D eigenvalue weighted by molar-refractivity contribution is 9.10. The van der Waals surface area contributed by atoms with Crippen LogP contribution in [0.2, 0.25) is 0 Å². The van der Waals surface area contributed by atoms with Crippen LogP contribution in [0.4, 0.5) is 0 Å². The fourth-order valence-corrected chi connectivity index (χ4v) is 2.16. The molecule has 0 bridgehead atoms. The first-order chi connectivity index (χ1) is 8.79. The Morgan fingerprint density at radius 1 is 1.33 bits per heavy atom. The zero-order valence-electron chi connectivity index (χ0n) is 10.2. The van der Waals surface area contributed by atoms with E-state index in [0.29, 0.717) is 6.61 Å². The molecule has 0 fully saturated rings. The maximum Gasteiger partial charge on any atom is 0.138 e. The smallest absolute Gasteiger partial charge is 0.138 e. The molecule has 4 heteroatoms. The molecule has 0 atom stereocenters. The molecule has 0 aliphatic rings. The number of hydrogen-bond donors (Lipinski definition) is 1. The highest BCUT2D eigenvalue weighted by Crippen LogP contribution is 2.20. The maximum absolute atomic E-state index is 5.66. The van der Waals surface area contributed by atoms with Crippen LogP contribution < -0.4 is 10.1 Å². The quantitative estimate of drug-likeness (QED) is 0.921. The van der Waals surface area contributed by atoms with Crippen molar-refractivity contribution in [3.8, 4) is 5.75 Å². The van der Waals surface area contributed by atoms with Crippen molar-refractivity contribution >= 4 is 15.9 Å². The second-order valence-electron chi connectivity index (χ2n) is 3.93. The summed E-state index contributed by atoms with van der Waals surface area (Å²) in [6.07, 6.45) is 3.44. The van der Waals surface area contributed by atoms with E-state index in [-0.39, 0.29) is 0 Å². The van der Waals surface area contributed by atoms with E-state index in [1.165, 1.54) is 5.56 Å². The Labute approximate surface area is 115 Å². The summed E-state index contributed by atoms with van der Waals surface area (Å²) in [6.45, 7) is 1.40. The number of pyridine rings is 1. The van der Waals surface area contributed by atoms with Gasteiger partial charge in [-0.2, -0.15) is 0 Å². The summed E-state index contributed by atoms with van der Waals surface area (Å²) in [4.78, 5) is 4.01. The van der Waals surface area contributed by atoms with E-state index in [4.69, 9.17) is 4.74 Å². The lowest BCUT2D eigenvalue weighted by atomic mass is 10.1. The minimum Gasteiger partial charge on any atom is -0.487 e. The first kappa shape index (κ1) is 13.1. The number of benzene rings is 1. The Kier molecular flexibility index (Phi) is 4.73. The van der Waals surface area contributed by atoms with Crippen molar-refractivity contribution in [1.29, 1.82) is 0 Å². The normalized spacial score (nSPS) is 10.3. The van der Waals surface area contributed by atoms with Gasteiger partial charge in [-0.3, -0.25) is 4.98 Å². The molecule has 0 saturated carbocycles. The third kappa shape index (κ3) is 3.55. The molecule has 0 amide bonds. The molecule has 0 radical (unpaired) electrons. The Hall–Kier alpha value is -1.39. The summed E-state index contributed by atoms with van der Waals surface area (Å²) in [5.74, 6) is 0.781. The van der Waals surface area contributed by atoms with Gasteiger partial charge < -0.3 is 10.1 Å². The van der Waals surface area contributed by atoms with Crippen LogP contribution in [0, 0.1) is 0 Å². The number of nitrogens with one attached hydrogen (secondary N) is 1. The van der Waals surface area contributed by atoms with Gasteiger partial charge in [-0.15, -0.1) is 0 Å². The predicted octanol–water partition coefficient (Wildman–Crippen LogP) is 3.14. The molecule has 94 valence electrons. The fourth-order valence-electron chi connectivity index (χ4n) is 1.62. The van der Waals surface area contributed by atoms with Crippen LogP contribution in [0.3, 0.4) is 0 Å². The van der Waals surface area contributed by atoms with Crippen LogP contribution in [0.15, 0.2) is 47.2 Å². The zero-order chi connectivity index (χ0) is 12.8. The molecule has 2 aromatic rings. The van der Waals surface area contributed by atoms with E-state index in [9.17, 15) is 0 Å². The van der Waals surface area contributed by atoms with E-state index in [1.807, 2.05) is 19.2 Å². The minimum absolute atomic E-state index is 0.534. The van der Waals surface area contributed by atoms with Gasteiger partial charge in [-0.25, -0.2) is 0 Å². The lowest BCUT2D eigenvalue weighted by Crippen LogP contribution is -2.05. The Morgan fingerprint density at radius 3 is 2.89 bits per heavy atom. The highest BCUT2D eigenvalue weighted by atomic mass is 79.9. The first-order valence-corrected chi connectivity index (χ1v) is 6.53. The van der Waals surface area contributed by atoms with Gasteiger partial charge in [-0.05, 0) is 30.8 Å². The fraction of sp³-hybridized carbons (Fsp3) is 0.214. The molecular formula is C14H15BrN2O. The number of rotatable bonds is 5. The van der Waals surface area contributed by atoms with Gasteiger partial charge in [0.25, 0.3) is 0 Å². The predicted molar refractivity (Wildman–Crippen MR) is 75.5 cm³/mol. The first-order valence-electron chi connectivity index (χ1n) is 5.74. The van der Waals surface area contributed by atoms with Crippen LogP contribution in [0.1, 0.15) is 11.1 Å². The largest absolute Gasteiger partial charge is 0.487 e. The molecule has 2 rings (SSSR count). The van der Waals surface area contributed by atoms with E-state index >= 15 is 0 Å².